The van der Waals surface area contributed by atoms with Crippen molar-refractivity contribution in [2.24, 2.45) is 9.98 Å². The van der Waals surface area contributed by atoms with Gasteiger partial charge in [0.2, 0.25) is 0 Å². The van der Waals surface area contributed by atoms with E-state index < -0.39 is 0 Å². The first-order valence-electron chi connectivity index (χ1n) is 12.0. The van der Waals surface area contributed by atoms with Crippen molar-refractivity contribution in [3.8, 4) is 0 Å². The van der Waals surface area contributed by atoms with Crippen molar-refractivity contribution in [3.63, 3.8) is 0 Å². The van der Waals surface area contributed by atoms with Crippen molar-refractivity contribution in [1.82, 2.24) is 0 Å². The van der Waals surface area contributed by atoms with E-state index in [1.807, 2.05) is 0 Å². The Balaban J connectivity index is 0.00000480. The summed E-state index contributed by atoms with van der Waals surface area (Å²) in [4.78, 5) is 10.3. The second kappa shape index (κ2) is 14.4. The van der Waals surface area contributed by atoms with E-state index in [1.54, 1.807) is 0 Å². The van der Waals surface area contributed by atoms with Gasteiger partial charge in [-0.3, -0.25) is 9.98 Å². The first kappa shape index (κ1) is 27.3. The Kier molecular flexibility index (Phi) is 12.6. The first-order valence-corrected chi connectivity index (χ1v) is 12.0. The van der Waals surface area contributed by atoms with Crippen LogP contribution in [0.1, 0.15) is 89.5 Å². The molecule has 0 spiro atoms. The first-order chi connectivity index (χ1) is 14.6. The van der Waals surface area contributed by atoms with Gasteiger partial charge in [0.15, 0.2) is 0 Å². The Labute approximate surface area is 200 Å². The Morgan fingerprint density at radius 3 is 1.29 bits per heavy atom. The third kappa shape index (κ3) is 8.38. The molecule has 0 amide bonds. The Bertz CT molecular complexity index is 836. The number of nitrogens with zero attached hydrogens (tertiary/aromatic N) is 2. The fourth-order valence-electron chi connectivity index (χ4n) is 3.70. The standard InChI is InChI=1S/C28H40N2.Ni/c1-7-13-14-28(30-26-19-23(10-4)16-24(11-5)20-26)27(12-6)29-25-17-21(8-2)15-22(9-3)18-25;/h15-20H,7-14H2,1-6H3;/b29-27+,30-28+;. The van der Waals surface area contributed by atoms with Crippen LogP contribution >= 0.6 is 0 Å². The molecule has 0 aliphatic carbocycles. The van der Waals surface area contributed by atoms with Crippen molar-refractivity contribution in [3.05, 3.63) is 58.7 Å². The van der Waals surface area contributed by atoms with E-state index in [2.05, 4.69) is 77.9 Å². The molecule has 0 N–H and O–H groups in total. The van der Waals surface area contributed by atoms with Crippen molar-refractivity contribution in [2.75, 3.05) is 0 Å². The summed E-state index contributed by atoms with van der Waals surface area (Å²) < 4.78 is 0. The van der Waals surface area contributed by atoms with Gasteiger partial charge in [-0.2, -0.15) is 0 Å². The third-order valence-electron chi connectivity index (χ3n) is 5.67. The molecule has 0 aromatic heterocycles. The van der Waals surface area contributed by atoms with Gasteiger partial charge in [-0.25, -0.2) is 0 Å². The van der Waals surface area contributed by atoms with Crippen LogP contribution in [0.25, 0.3) is 0 Å². The molecule has 0 atom stereocenters. The van der Waals surface area contributed by atoms with E-state index in [0.717, 1.165) is 74.2 Å². The average Bonchev–Trinajstić information content (AvgIpc) is 2.79. The third-order valence-corrected chi connectivity index (χ3v) is 5.67. The van der Waals surface area contributed by atoms with Gasteiger partial charge in [0.05, 0.1) is 22.8 Å². The van der Waals surface area contributed by atoms with E-state index in [0.29, 0.717) is 0 Å². The second-order valence-electron chi connectivity index (χ2n) is 8.00. The normalized spacial score (nSPS) is 12.1. The van der Waals surface area contributed by atoms with Crippen LogP contribution in [0.4, 0.5) is 11.4 Å². The predicted octanol–water partition coefficient (Wildman–Crippen LogP) is 8.38. The topological polar surface area (TPSA) is 24.7 Å². The summed E-state index contributed by atoms with van der Waals surface area (Å²) in [5.41, 5.74) is 9.87. The van der Waals surface area contributed by atoms with Gasteiger partial charge in [0, 0.05) is 16.5 Å². The fraction of sp³-hybridized carbons (Fsp3) is 0.500. The molecule has 0 saturated heterocycles. The van der Waals surface area contributed by atoms with E-state index in [9.17, 15) is 0 Å². The largest absolute Gasteiger partial charge is 0.252 e. The second-order valence-corrected chi connectivity index (χ2v) is 8.00. The van der Waals surface area contributed by atoms with E-state index in [4.69, 9.17) is 9.98 Å². The maximum atomic E-state index is 5.15. The zero-order valence-corrected chi connectivity index (χ0v) is 21.3. The molecule has 0 radical (unpaired) electrons. The monoisotopic (exact) mass is 462 g/mol. The SMILES string of the molecule is CCCCC(=N\c1cc(CC)cc(CC)c1)/C(CC)=N/c1cc(CC)cc(CC)c1.[Ni]. The fourth-order valence-corrected chi connectivity index (χ4v) is 3.70. The summed E-state index contributed by atoms with van der Waals surface area (Å²) >= 11 is 0. The zero-order chi connectivity index (χ0) is 21.9. The average molecular weight is 463 g/mol. The van der Waals surface area contributed by atoms with Gasteiger partial charge in [-0.1, -0.05) is 60.1 Å². The quantitative estimate of drug-likeness (QED) is 0.236. The van der Waals surface area contributed by atoms with Crippen LogP contribution < -0.4 is 0 Å². The molecule has 2 aromatic rings. The molecule has 2 nitrogen and oxygen atoms in total. The molecule has 0 saturated carbocycles. The summed E-state index contributed by atoms with van der Waals surface area (Å²) in [6.07, 6.45) is 8.34. The van der Waals surface area contributed by atoms with Gasteiger partial charge in [-0.15, -0.1) is 0 Å². The van der Waals surface area contributed by atoms with Gasteiger partial charge in [0.25, 0.3) is 0 Å². The van der Waals surface area contributed by atoms with E-state index in [-0.39, 0.29) is 16.5 Å². The van der Waals surface area contributed by atoms with Crippen LogP contribution in [0, 0.1) is 0 Å². The zero-order valence-electron chi connectivity index (χ0n) is 20.3. The minimum absolute atomic E-state index is 0. The summed E-state index contributed by atoms with van der Waals surface area (Å²) in [5.74, 6) is 0. The van der Waals surface area contributed by atoms with Crippen molar-refractivity contribution >= 4 is 22.8 Å². The van der Waals surface area contributed by atoms with Crippen LogP contribution in [0.15, 0.2) is 46.4 Å². The molecular formula is C28H40N2Ni. The van der Waals surface area contributed by atoms with Gasteiger partial charge >= 0.3 is 0 Å². The molecule has 0 aliphatic rings. The Hall–Kier alpha value is -1.73. The number of hydrogen-bond acceptors (Lipinski definition) is 2. The molecule has 0 heterocycles. The molecule has 0 aliphatic heterocycles. The molecule has 0 bridgehead atoms. The Morgan fingerprint density at radius 1 is 0.581 bits per heavy atom. The number of rotatable bonds is 11. The number of aliphatic imine (C=N–C) groups is 2. The molecule has 2 rings (SSSR count). The summed E-state index contributed by atoms with van der Waals surface area (Å²) in [5, 5.41) is 0. The van der Waals surface area contributed by atoms with E-state index in [1.165, 1.54) is 22.3 Å². The van der Waals surface area contributed by atoms with Crippen LogP contribution in [0.5, 0.6) is 0 Å². The number of aryl methyl sites for hydroxylation is 4. The Morgan fingerprint density at radius 2 is 0.968 bits per heavy atom. The maximum Gasteiger partial charge on any atom is 0.0639 e. The summed E-state index contributed by atoms with van der Waals surface area (Å²) in [6.45, 7) is 13.3. The maximum absolute atomic E-state index is 5.15. The minimum Gasteiger partial charge on any atom is -0.252 e. The number of unbranched alkanes of at least 4 members (excludes halogenated alkanes) is 1. The van der Waals surface area contributed by atoms with Gasteiger partial charge in [-0.05, 0) is 91.5 Å². The van der Waals surface area contributed by atoms with Crippen molar-refractivity contribution in [2.45, 2.75) is 92.9 Å². The molecule has 0 unspecified atom stereocenters. The van der Waals surface area contributed by atoms with Crippen LogP contribution in [-0.4, -0.2) is 11.4 Å². The molecular weight excluding hydrogens is 423 g/mol. The molecule has 3 heteroatoms. The number of hydrogen-bond donors (Lipinski definition) is 0. The predicted molar refractivity (Wildman–Crippen MR) is 134 cm³/mol. The summed E-state index contributed by atoms with van der Waals surface area (Å²) in [6, 6.07) is 13.6. The van der Waals surface area contributed by atoms with Crippen LogP contribution in [-0.2, 0) is 42.2 Å². The smallest absolute Gasteiger partial charge is 0.0639 e. The van der Waals surface area contributed by atoms with Crippen LogP contribution in [0.2, 0.25) is 0 Å². The molecule has 31 heavy (non-hydrogen) atoms. The van der Waals surface area contributed by atoms with E-state index >= 15 is 0 Å². The van der Waals surface area contributed by atoms with Crippen molar-refractivity contribution in [1.29, 1.82) is 0 Å². The molecule has 0 fully saturated rings. The van der Waals surface area contributed by atoms with Gasteiger partial charge < -0.3 is 0 Å². The van der Waals surface area contributed by atoms with Gasteiger partial charge in [0.1, 0.15) is 0 Å². The van der Waals surface area contributed by atoms with Crippen molar-refractivity contribution < 1.29 is 16.5 Å². The molecule has 2 aromatic carbocycles. The molecule has 172 valence electrons. The minimum atomic E-state index is 0. The number of benzene rings is 2. The summed E-state index contributed by atoms with van der Waals surface area (Å²) in [7, 11) is 0. The van der Waals surface area contributed by atoms with Crippen LogP contribution in [0.3, 0.4) is 0 Å².